The lowest BCUT2D eigenvalue weighted by Crippen LogP contribution is -2.19. The van der Waals surface area contributed by atoms with Gasteiger partial charge in [-0.25, -0.2) is 0 Å². The molecule has 2 atom stereocenters. The summed E-state index contributed by atoms with van der Waals surface area (Å²) < 4.78 is 5.61. The molecule has 0 bridgehead atoms. The first kappa shape index (κ1) is 10.6. The summed E-state index contributed by atoms with van der Waals surface area (Å²) in [5.74, 6) is 0. The van der Waals surface area contributed by atoms with E-state index in [1.54, 1.807) is 12.4 Å². The van der Waals surface area contributed by atoms with E-state index in [1.165, 1.54) is 12.8 Å². The van der Waals surface area contributed by atoms with Gasteiger partial charge in [0.25, 0.3) is 0 Å². The quantitative estimate of drug-likeness (QED) is 0.796. The largest absolute Gasteiger partial charge is 0.388 e. The first-order valence-electron chi connectivity index (χ1n) is 5.64. The molecule has 84 valence electrons. The van der Waals surface area contributed by atoms with Crippen LogP contribution in [0.2, 0.25) is 0 Å². The van der Waals surface area contributed by atoms with Crippen LogP contribution in [0, 0.1) is 0 Å². The van der Waals surface area contributed by atoms with Crippen LogP contribution < -0.4 is 0 Å². The predicted molar refractivity (Wildman–Crippen MR) is 56.4 cm³/mol. The first-order valence-corrected chi connectivity index (χ1v) is 5.64. The molecule has 2 rings (SSSR count). The zero-order valence-electron chi connectivity index (χ0n) is 8.85. The van der Waals surface area contributed by atoms with Crippen LogP contribution in [-0.4, -0.2) is 28.0 Å². The van der Waals surface area contributed by atoms with Crippen LogP contribution in [0.3, 0.4) is 0 Å². The molecule has 0 aliphatic carbocycles. The molecule has 0 radical (unpaired) electrons. The molecule has 1 aromatic rings. The molecule has 0 spiro atoms. The highest BCUT2D eigenvalue weighted by Gasteiger charge is 2.16. The molecular formula is C11H18N2O2. The Kier molecular flexibility index (Phi) is 3.75. The van der Waals surface area contributed by atoms with E-state index in [0.29, 0.717) is 6.10 Å². The van der Waals surface area contributed by atoms with Gasteiger partial charge >= 0.3 is 0 Å². The fourth-order valence-corrected chi connectivity index (χ4v) is 1.99. The Morgan fingerprint density at radius 2 is 2.53 bits per heavy atom. The number of aromatic nitrogens is 2. The lowest BCUT2D eigenvalue weighted by molar-refractivity contribution is 0.00213. The first-order chi connectivity index (χ1) is 7.36. The maximum atomic E-state index is 9.82. The van der Waals surface area contributed by atoms with Crippen LogP contribution in [0.25, 0.3) is 0 Å². The molecule has 2 unspecified atom stereocenters. The number of nitrogens with one attached hydrogen (secondary N) is 1. The number of rotatable bonds is 4. The Hall–Kier alpha value is -0.870. The number of H-pyrrole nitrogens is 1. The van der Waals surface area contributed by atoms with Gasteiger partial charge in [-0.15, -0.1) is 0 Å². The second-order valence-electron chi connectivity index (χ2n) is 4.11. The van der Waals surface area contributed by atoms with Crippen LogP contribution >= 0.6 is 0 Å². The molecule has 0 aromatic carbocycles. The van der Waals surface area contributed by atoms with E-state index >= 15 is 0 Å². The summed E-state index contributed by atoms with van der Waals surface area (Å²) >= 11 is 0. The van der Waals surface area contributed by atoms with Gasteiger partial charge in [-0.05, 0) is 32.1 Å². The van der Waals surface area contributed by atoms with Crippen molar-refractivity contribution in [2.45, 2.75) is 44.3 Å². The predicted octanol–water partition coefficient (Wildman–Crippen LogP) is 1.79. The lowest BCUT2D eigenvalue weighted by atomic mass is 10.0. The summed E-state index contributed by atoms with van der Waals surface area (Å²) in [7, 11) is 0. The summed E-state index contributed by atoms with van der Waals surface area (Å²) in [6.45, 7) is 0.881. The number of aromatic amines is 1. The molecule has 0 saturated carbocycles. The second kappa shape index (κ2) is 5.28. The molecule has 0 amide bonds. The lowest BCUT2D eigenvalue weighted by Gasteiger charge is -2.23. The van der Waals surface area contributed by atoms with Crippen molar-refractivity contribution >= 4 is 0 Å². The molecular weight excluding hydrogens is 192 g/mol. The molecule has 1 saturated heterocycles. The maximum absolute atomic E-state index is 9.82. The number of hydrogen-bond donors (Lipinski definition) is 2. The average molecular weight is 210 g/mol. The summed E-state index contributed by atoms with van der Waals surface area (Å²) in [6, 6.07) is 0. The van der Waals surface area contributed by atoms with Crippen molar-refractivity contribution in [1.82, 2.24) is 10.2 Å². The van der Waals surface area contributed by atoms with Crippen molar-refractivity contribution in [1.29, 1.82) is 0 Å². The molecule has 2 heterocycles. The van der Waals surface area contributed by atoms with Crippen LogP contribution in [0.4, 0.5) is 0 Å². The van der Waals surface area contributed by atoms with E-state index < -0.39 is 6.10 Å². The van der Waals surface area contributed by atoms with Crippen LogP contribution in [0.5, 0.6) is 0 Å². The van der Waals surface area contributed by atoms with Crippen molar-refractivity contribution < 1.29 is 9.84 Å². The fourth-order valence-electron chi connectivity index (χ4n) is 1.99. The Morgan fingerprint density at radius 3 is 3.20 bits per heavy atom. The van der Waals surface area contributed by atoms with Gasteiger partial charge in [0, 0.05) is 18.4 Å². The van der Waals surface area contributed by atoms with E-state index in [9.17, 15) is 5.11 Å². The Balaban J connectivity index is 1.73. The maximum Gasteiger partial charge on any atom is 0.0821 e. The molecule has 1 aromatic heterocycles. The van der Waals surface area contributed by atoms with Crippen LogP contribution in [-0.2, 0) is 4.74 Å². The van der Waals surface area contributed by atoms with E-state index in [4.69, 9.17) is 4.74 Å². The summed E-state index contributed by atoms with van der Waals surface area (Å²) in [4.78, 5) is 0. The Morgan fingerprint density at radius 1 is 1.60 bits per heavy atom. The monoisotopic (exact) mass is 210 g/mol. The third-order valence-corrected chi connectivity index (χ3v) is 2.94. The highest BCUT2D eigenvalue weighted by Crippen LogP contribution is 2.22. The molecule has 4 heteroatoms. The van der Waals surface area contributed by atoms with E-state index in [1.807, 2.05) is 0 Å². The smallest absolute Gasteiger partial charge is 0.0821 e. The van der Waals surface area contributed by atoms with Gasteiger partial charge in [0.15, 0.2) is 0 Å². The van der Waals surface area contributed by atoms with Gasteiger partial charge in [-0.3, -0.25) is 5.10 Å². The van der Waals surface area contributed by atoms with E-state index in [2.05, 4.69) is 10.2 Å². The van der Waals surface area contributed by atoms with Gasteiger partial charge in [0.2, 0.25) is 0 Å². The van der Waals surface area contributed by atoms with Gasteiger partial charge in [-0.1, -0.05) is 0 Å². The fraction of sp³-hybridized carbons (Fsp3) is 0.727. The van der Waals surface area contributed by atoms with Crippen molar-refractivity contribution in [3.05, 3.63) is 18.0 Å². The van der Waals surface area contributed by atoms with Gasteiger partial charge in [0.1, 0.15) is 0 Å². The second-order valence-corrected chi connectivity index (χ2v) is 4.11. The Bertz CT molecular complexity index is 268. The van der Waals surface area contributed by atoms with Crippen LogP contribution in [0.1, 0.15) is 43.8 Å². The molecule has 1 fully saturated rings. The number of aliphatic hydroxyl groups excluding tert-OH is 1. The third kappa shape index (κ3) is 3.04. The summed E-state index contributed by atoms with van der Waals surface area (Å²) in [6.07, 6.45) is 8.62. The number of ether oxygens (including phenoxy) is 1. The van der Waals surface area contributed by atoms with Crippen molar-refractivity contribution in [3.63, 3.8) is 0 Å². The minimum Gasteiger partial charge on any atom is -0.388 e. The minimum absolute atomic E-state index is 0.348. The molecule has 1 aliphatic rings. The Labute approximate surface area is 89.7 Å². The van der Waals surface area contributed by atoms with Crippen LogP contribution in [0.15, 0.2) is 12.4 Å². The van der Waals surface area contributed by atoms with Gasteiger partial charge in [-0.2, -0.15) is 5.10 Å². The zero-order valence-corrected chi connectivity index (χ0v) is 8.85. The van der Waals surface area contributed by atoms with Crippen molar-refractivity contribution in [2.75, 3.05) is 6.61 Å². The van der Waals surface area contributed by atoms with Crippen molar-refractivity contribution in [3.8, 4) is 0 Å². The number of hydrogen-bond acceptors (Lipinski definition) is 3. The average Bonchev–Trinajstić information content (AvgIpc) is 2.81. The molecule has 2 N–H and O–H groups in total. The highest BCUT2D eigenvalue weighted by molar-refractivity contribution is 5.06. The summed E-state index contributed by atoms with van der Waals surface area (Å²) in [5, 5.41) is 16.4. The number of aliphatic hydroxyl groups is 1. The molecule has 1 aliphatic heterocycles. The van der Waals surface area contributed by atoms with Crippen molar-refractivity contribution in [2.24, 2.45) is 0 Å². The minimum atomic E-state index is -0.408. The zero-order chi connectivity index (χ0) is 10.5. The topological polar surface area (TPSA) is 58.1 Å². The highest BCUT2D eigenvalue weighted by atomic mass is 16.5. The van der Waals surface area contributed by atoms with E-state index in [0.717, 1.165) is 31.4 Å². The molecule has 15 heavy (non-hydrogen) atoms. The SMILES string of the molecule is OC(CCC1CCCCO1)c1cn[nH]c1. The standard InChI is InChI=1S/C11H18N2O2/c14-11(9-7-12-13-8-9)5-4-10-3-1-2-6-15-10/h7-8,10-11,14H,1-6H2,(H,12,13). The third-order valence-electron chi connectivity index (χ3n) is 2.94. The summed E-state index contributed by atoms with van der Waals surface area (Å²) in [5.41, 5.74) is 0.866. The molecule has 4 nitrogen and oxygen atoms in total. The van der Waals surface area contributed by atoms with Gasteiger partial charge in [0.05, 0.1) is 18.4 Å². The van der Waals surface area contributed by atoms with E-state index in [-0.39, 0.29) is 0 Å². The number of nitrogens with zero attached hydrogens (tertiary/aromatic N) is 1. The van der Waals surface area contributed by atoms with Gasteiger partial charge < -0.3 is 9.84 Å². The normalized spacial score (nSPS) is 23.9.